The predicted octanol–water partition coefficient (Wildman–Crippen LogP) is 6.37. The van der Waals surface area contributed by atoms with E-state index in [-0.39, 0.29) is 23.8 Å². The zero-order valence-corrected chi connectivity index (χ0v) is 16.1. The van der Waals surface area contributed by atoms with Crippen LogP contribution in [0.2, 0.25) is 0 Å². The van der Waals surface area contributed by atoms with Gasteiger partial charge in [-0.3, -0.25) is 0 Å². The fraction of sp³-hybridized carbons (Fsp3) is 0.250. The van der Waals surface area contributed by atoms with E-state index in [1.54, 1.807) is 27.0 Å². The Labute approximate surface area is 165 Å². The van der Waals surface area contributed by atoms with Crippen molar-refractivity contribution in [1.29, 1.82) is 0 Å². The maximum absolute atomic E-state index is 8.90. The van der Waals surface area contributed by atoms with Gasteiger partial charge >= 0.3 is 0 Å². The van der Waals surface area contributed by atoms with Gasteiger partial charge in [0.1, 0.15) is 19.6 Å². The van der Waals surface area contributed by atoms with E-state index in [1.807, 2.05) is 32.0 Å². The molecule has 2 heterocycles. The smallest absolute Gasteiger partial charge is 0.216 e. The molecule has 0 amide bonds. The molecular formula is C24H23N2O+. The van der Waals surface area contributed by atoms with Crippen molar-refractivity contribution in [3.8, 4) is 11.3 Å². The lowest BCUT2D eigenvalue weighted by atomic mass is 9.97. The zero-order chi connectivity index (χ0) is 22.8. The van der Waals surface area contributed by atoms with Crippen molar-refractivity contribution in [3.63, 3.8) is 0 Å². The number of nitrogens with zero attached hydrogens (tertiary/aromatic N) is 2. The molecule has 0 saturated carbocycles. The molecule has 0 unspecified atom stereocenters. The molecule has 0 aliphatic carbocycles. The zero-order valence-electron chi connectivity index (χ0n) is 20.1. The Morgan fingerprint density at radius 2 is 1.96 bits per heavy atom. The van der Waals surface area contributed by atoms with E-state index in [1.165, 1.54) is 4.57 Å². The summed E-state index contributed by atoms with van der Waals surface area (Å²) in [6, 6.07) is 7.54. The number of hydrogen-bond donors (Lipinski definition) is 0. The fourth-order valence-electron chi connectivity index (χ4n) is 3.41. The van der Waals surface area contributed by atoms with Gasteiger partial charge in [-0.05, 0) is 42.5 Å². The highest BCUT2D eigenvalue weighted by Crippen LogP contribution is 2.39. The first-order chi connectivity index (χ1) is 14.5. The third-order valence-electron chi connectivity index (χ3n) is 4.95. The van der Waals surface area contributed by atoms with Crippen molar-refractivity contribution < 1.29 is 14.5 Å². The normalized spacial score (nSPS) is 13.9. The fourth-order valence-corrected chi connectivity index (χ4v) is 3.41. The number of rotatable bonds is 2. The SMILES string of the molecule is [2H]c1c(C([2H])(C)C)c([2H])c(-c2c(C)ccc3c2oc2cc([N+]#[C-])c(C)cc23)[n+](C)c1[2H]. The van der Waals surface area contributed by atoms with Gasteiger partial charge in [0.25, 0.3) is 0 Å². The Morgan fingerprint density at radius 1 is 1.19 bits per heavy atom. The number of benzene rings is 2. The van der Waals surface area contributed by atoms with Crippen molar-refractivity contribution >= 4 is 27.6 Å². The van der Waals surface area contributed by atoms with Crippen LogP contribution < -0.4 is 4.57 Å². The van der Waals surface area contributed by atoms with Crippen LogP contribution >= 0.6 is 0 Å². The molecule has 0 atom stereocenters. The Balaban J connectivity index is 2.20. The molecule has 0 spiro atoms. The number of aryl methyl sites for hydroxylation is 2. The van der Waals surface area contributed by atoms with E-state index >= 15 is 0 Å². The van der Waals surface area contributed by atoms with E-state index in [0.29, 0.717) is 28.1 Å². The Hall–Kier alpha value is -3.12. The van der Waals surface area contributed by atoms with Crippen LogP contribution in [0.5, 0.6) is 0 Å². The van der Waals surface area contributed by atoms with E-state index in [0.717, 1.165) is 21.9 Å². The predicted molar refractivity (Wildman–Crippen MR) is 110 cm³/mol. The molecule has 0 fully saturated rings. The van der Waals surface area contributed by atoms with Gasteiger partial charge in [0.15, 0.2) is 11.9 Å². The Morgan fingerprint density at radius 3 is 2.67 bits per heavy atom. The van der Waals surface area contributed by atoms with Crippen molar-refractivity contribution in [2.75, 3.05) is 0 Å². The molecular weight excluding hydrogens is 332 g/mol. The molecule has 4 rings (SSSR count). The van der Waals surface area contributed by atoms with Crippen LogP contribution in [0.3, 0.4) is 0 Å². The van der Waals surface area contributed by atoms with Crippen LogP contribution in [0.1, 0.15) is 41.9 Å². The minimum absolute atomic E-state index is 0.0533. The molecule has 134 valence electrons. The molecule has 2 aromatic carbocycles. The van der Waals surface area contributed by atoms with Gasteiger partial charge in [0, 0.05) is 24.2 Å². The Bertz CT molecular complexity index is 1440. The summed E-state index contributed by atoms with van der Waals surface area (Å²) < 4.78 is 41.9. The molecule has 0 N–H and O–H groups in total. The van der Waals surface area contributed by atoms with Crippen LogP contribution in [0, 0.1) is 20.4 Å². The summed E-state index contributed by atoms with van der Waals surface area (Å²) in [5.41, 5.74) is 4.75. The number of hydrogen-bond acceptors (Lipinski definition) is 1. The van der Waals surface area contributed by atoms with Gasteiger partial charge in [0.2, 0.25) is 5.69 Å². The number of fused-ring (bicyclic) bond motifs is 3. The lowest BCUT2D eigenvalue weighted by Crippen LogP contribution is -2.31. The second-order valence-corrected chi connectivity index (χ2v) is 7.13. The summed E-state index contributed by atoms with van der Waals surface area (Å²) in [5.74, 6) is -1.20. The van der Waals surface area contributed by atoms with Crippen LogP contribution in [-0.4, -0.2) is 0 Å². The first kappa shape index (κ1) is 13.1. The van der Waals surface area contributed by atoms with Crippen molar-refractivity contribution in [3.05, 3.63) is 70.6 Å². The number of furan rings is 1. The van der Waals surface area contributed by atoms with Crippen molar-refractivity contribution in [1.82, 2.24) is 0 Å². The molecule has 0 aliphatic heterocycles. The van der Waals surface area contributed by atoms with Gasteiger partial charge in [0.05, 0.1) is 14.9 Å². The minimum Gasteiger partial charge on any atom is -0.456 e. The summed E-state index contributed by atoms with van der Waals surface area (Å²) in [7, 11) is 1.66. The number of pyridine rings is 1. The van der Waals surface area contributed by atoms with Crippen LogP contribution in [0.25, 0.3) is 38.0 Å². The van der Waals surface area contributed by atoms with Gasteiger partial charge < -0.3 is 4.42 Å². The van der Waals surface area contributed by atoms with Gasteiger partial charge in [-0.2, -0.15) is 0 Å². The molecule has 0 bridgehead atoms. The standard InChI is InChI=1S/C24H23N2O/c1-14(2)17-9-10-26(6)21(12-17)23-15(3)7-8-18-19-11-16(4)20(25-5)13-22(19)27-24(18)23/h7-14H,1-4,6H3/q+1/i9D,10D,12D,14D. The van der Waals surface area contributed by atoms with Crippen molar-refractivity contribution in [2.24, 2.45) is 7.05 Å². The molecule has 0 radical (unpaired) electrons. The average molecular weight is 359 g/mol. The quantitative estimate of drug-likeness (QED) is 0.301. The maximum Gasteiger partial charge on any atom is 0.216 e. The monoisotopic (exact) mass is 359 g/mol. The largest absolute Gasteiger partial charge is 0.456 e. The maximum atomic E-state index is 8.90. The highest BCUT2D eigenvalue weighted by Gasteiger charge is 2.22. The molecule has 3 heteroatoms. The first-order valence-electron chi connectivity index (χ1n) is 10.8. The molecule has 27 heavy (non-hydrogen) atoms. The summed E-state index contributed by atoms with van der Waals surface area (Å²) in [6.45, 7) is 14.5. The van der Waals surface area contributed by atoms with Crippen LogP contribution in [-0.2, 0) is 7.05 Å². The molecule has 2 aromatic heterocycles. The minimum atomic E-state index is -1.20. The van der Waals surface area contributed by atoms with E-state index in [4.69, 9.17) is 16.5 Å². The lowest BCUT2D eigenvalue weighted by Gasteiger charge is -2.09. The first-order valence-corrected chi connectivity index (χ1v) is 8.82. The summed E-state index contributed by atoms with van der Waals surface area (Å²) in [6.07, 6.45) is -0.0556. The Kier molecular flexibility index (Phi) is 3.03. The molecule has 0 aliphatic rings. The van der Waals surface area contributed by atoms with E-state index in [9.17, 15) is 0 Å². The molecule has 4 aromatic rings. The summed E-state index contributed by atoms with van der Waals surface area (Å²) in [5, 5.41) is 1.75. The van der Waals surface area contributed by atoms with Crippen LogP contribution in [0.15, 0.2) is 46.9 Å². The van der Waals surface area contributed by atoms with Gasteiger partial charge in [-0.1, -0.05) is 32.0 Å². The molecule has 0 saturated heterocycles. The van der Waals surface area contributed by atoms with E-state index < -0.39 is 5.89 Å². The average Bonchev–Trinajstić information content (AvgIpc) is 3.03. The molecule has 3 nitrogen and oxygen atoms in total. The third-order valence-corrected chi connectivity index (χ3v) is 4.95. The highest BCUT2D eigenvalue weighted by atomic mass is 16.3. The van der Waals surface area contributed by atoms with E-state index in [2.05, 4.69) is 4.85 Å². The summed E-state index contributed by atoms with van der Waals surface area (Å²) >= 11 is 0. The second kappa shape index (κ2) is 6.25. The van der Waals surface area contributed by atoms with Gasteiger partial charge in [-0.25, -0.2) is 9.41 Å². The third kappa shape index (κ3) is 2.69. The van der Waals surface area contributed by atoms with Gasteiger partial charge in [-0.15, -0.1) is 0 Å². The topological polar surface area (TPSA) is 21.4 Å². The second-order valence-electron chi connectivity index (χ2n) is 7.13. The highest BCUT2D eigenvalue weighted by molar-refractivity contribution is 6.10. The van der Waals surface area contributed by atoms with Crippen LogP contribution in [0.4, 0.5) is 5.69 Å². The number of aromatic nitrogens is 1. The summed E-state index contributed by atoms with van der Waals surface area (Å²) in [4.78, 5) is 3.57. The van der Waals surface area contributed by atoms with Crippen molar-refractivity contribution in [2.45, 2.75) is 33.6 Å². The lowest BCUT2D eigenvalue weighted by molar-refractivity contribution is -0.660.